The largest absolute Gasteiger partial charge is 0.467 e. The summed E-state index contributed by atoms with van der Waals surface area (Å²) >= 11 is 0. The second-order valence-electron chi connectivity index (χ2n) is 7.74. The lowest BCUT2D eigenvalue weighted by molar-refractivity contribution is -0.134. The first-order valence-electron chi connectivity index (χ1n) is 10.1. The Balaban J connectivity index is 1.62. The SMILES string of the molecule is O=C(CC(c1ccccc1)c1ccccc1)N(Cc1ccco1)C1CCS(=O)(=O)C1. The molecule has 1 aromatic heterocycles. The fourth-order valence-electron chi connectivity index (χ4n) is 4.10. The molecular formula is C24H25NO4S. The minimum Gasteiger partial charge on any atom is -0.467 e. The van der Waals surface area contributed by atoms with Crippen LogP contribution in [0.25, 0.3) is 0 Å². The van der Waals surface area contributed by atoms with Gasteiger partial charge in [0.1, 0.15) is 5.76 Å². The predicted molar refractivity (Wildman–Crippen MR) is 116 cm³/mol. The molecule has 5 nitrogen and oxygen atoms in total. The van der Waals surface area contributed by atoms with Crippen LogP contribution in [0.15, 0.2) is 83.5 Å². The molecule has 0 bridgehead atoms. The zero-order valence-corrected chi connectivity index (χ0v) is 17.5. The summed E-state index contributed by atoms with van der Waals surface area (Å²) in [6, 6.07) is 23.2. The standard InChI is InChI=1S/C24H25NO4S/c26-24(16-23(19-8-3-1-4-9-19)20-10-5-2-6-11-20)25(17-22-12-7-14-29-22)21-13-15-30(27,28)18-21/h1-12,14,21,23H,13,15-18H2. The Hall–Kier alpha value is -2.86. The Morgan fingerprint density at radius 1 is 0.967 bits per heavy atom. The summed E-state index contributed by atoms with van der Waals surface area (Å²) in [7, 11) is -3.11. The van der Waals surface area contributed by atoms with Crippen LogP contribution in [-0.2, 0) is 21.2 Å². The lowest BCUT2D eigenvalue weighted by Crippen LogP contribution is -2.41. The molecule has 3 aromatic rings. The Morgan fingerprint density at radius 2 is 1.60 bits per heavy atom. The molecule has 156 valence electrons. The zero-order valence-electron chi connectivity index (χ0n) is 16.7. The van der Waals surface area contributed by atoms with E-state index >= 15 is 0 Å². The first kappa shape index (κ1) is 20.4. The number of carbonyl (C=O) groups excluding carboxylic acids is 1. The van der Waals surface area contributed by atoms with Crippen LogP contribution in [0.4, 0.5) is 0 Å². The third kappa shape index (κ3) is 4.82. The molecule has 6 heteroatoms. The van der Waals surface area contributed by atoms with Crippen molar-refractivity contribution in [2.45, 2.75) is 31.3 Å². The monoisotopic (exact) mass is 423 g/mol. The molecule has 1 aliphatic heterocycles. The molecule has 1 amide bonds. The molecule has 0 aliphatic carbocycles. The molecule has 1 atom stereocenters. The van der Waals surface area contributed by atoms with E-state index in [-0.39, 0.29) is 42.3 Å². The number of furan rings is 1. The van der Waals surface area contributed by atoms with Gasteiger partial charge in [-0.1, -0.05) is 60.7 Å². The summed E-state index contributed by atoms with van der Waals surface area (Å²) in [4.78, 5) is 15.2. The molecule has 1 saturated heterocycles. The molecule has 1 aliphatic rings. The van der Waals surface area contributed by atoms with Gasteiger partial charge in [0, 0.05) is 18.4 Å². The Bertz CT molecular complexity index is 1020. The molecule has 2 aromatic carbocycles. The fraction of sp³-hybridized carbons (Fsp3) is 0.292. The summed E-state index contributed by atoms with van der Waals surface area (Å²) in [5, 5.41) is 0. The van der Waals surface area contributed by atoms with Gasteiger partial charge in [-0.2, -0.15) is 0 Å². The van der Waals surface area contributed by atoms with Crippen molar-refractivity contribution in [2.24, 2.45) is 0 Å². The van der Waals surface area contributed by atoms with E-state index < -0.39 is 9.84 Å². The number of amides is 1. The van der Waals surface area contributed by atoms with Crippen molar-refractivity contribution in [1.82, 2.24) is 4.90 Å². The lowest BCUT2D eigenvalue weighted by atomic mass is 9.88. The van der Waals surface area contributed by atoms with E-state index in [1.165, 1.54) is 0 Å². The van der Waals surface area contributed by atoms with Crippen LogP contribution in [0.1, 0.15) is 35.6 Å². The summed E-state index contributed by atoms with van der Waals surface area (Å²) in [5.41, 5.74) is 2.13. The van der Waals surface area contributed by atoms with Crippen LogP contribution in [-0.4, -0.2) is 36.8 Å². The van der Waals surface area contributed by atoms with E-state index in [1.54, 1.807) is 17.2 Å². The lowest BCUT2D eigenvalue weighted by Gasteiger charge is -2.29. The van der Waals surface area contributed by atoms with E-state index in [0.29, 0.717) is 12.2 Å². The summed E-state index contributed by atoms with van der Waals surface area (Å²) in [6.45, 7) is 0.280. The van der Waals surface area contributed by atoms with Crippen LogP contribution < -0.4 is 0 Å². The highest BCUT2D eigenvalue weighted by Crippen LogP contribution is 2.30. The summed E-state index contributed by atoms with van der Waals surface area (Å²) < 4.78 is 29.6. The van der Waals surface area contributed by atoms with Crippen molar-refractivity contribution in [3.63, 3.8) is 0 Å². The van der Waals surface area contributed by atoms with Gasteiger partial charge < -0.3 is 9.32 Å². The van der Waals surface area contributed by atoms with Crippen molar-refractivity contribution in [3.05, 3.63) is 95.9 Å². The Morgan fingerprint density at radius 3 is 2.10 bits per heavy atom. The molecule has 1 unspecified atom stereocenters. The second-order valence-corrected chi connectivity index (χ2v) is 9.96. The van der Waals surface area contributed by atoms with Crippen molar-refractivity contribution < 1.29 is 17.6 Å². The molecular weight excluding hydrogens is 398 g/mol. The van der Waals surface area contributed by atoms with Crippen LogP contribution in [0, 0.1) is 0 Å². The maximum absolute atomic E-state index is 13.5. The van der Waals surface area contributed by atoms with Gasteiger partial charge in [0.2, 0.25) is 5.91 Å². The number of rotatable bonds is 7. The van der Waals surface area contributed by atoms with E-state index in [4.69, 9.17) is 4.42 Å². The number of nitrogens with zero attached hydrogens (tertiary/aromatic N) is 1. The van der Waals surface area contributed by atoms with Crippen molar-refractivity contribution in [1.29, 1.82) is 0 Å². The topological polar surface area (TPSA) is 67.6 Å². The number of sulfone groups is 1. The van der Waals surface area contributed by atoms with Crippen LogP contribution in [0.2, 0.25) is 0 Å². The number of hydrogen-bond donors (Lipinski definition) is 0. The Labute approximate surface area is 177 Å². The molecule has 2 heterocycles. The number of carbonyl (C=O) groups is 1. The van der Waals surface area contributed by atoms with Crippen LogP contribution >= 0.6 is 0 Å². The van der Waals surface area contributed by atoms with Gasteiger partial charge in [-0.15, -0.1) is 0 Å². The molecule has 0 N–H and O–H groups in total. The van der Waals surface area contributed by atoms with Gasteiger partial charge in [0.15, 0.2) is 9.84 Å². The average Bonchev–Trinajstić information content (AvgIpc) is 3.40. The van der Waals surface area contributed by atoms with Crippen molar-refractivity contribution >= 4 is 15.7 Å². The Kier molecular flexibility index (Phi) is 6.04. The van der Waals surface area contributed by atoms with Crippen LogP contribution in [0.5, 0.6) is 0 Å². The minimum atomic E-state index is -3.11. The predicted octanol–water partition coefficient (Wildman–Crippen LogP) is 4.02. The fourth-order valence-corrected chi connectivity index (χ4v) is 5.83. The average molecular weight is 424 g/mol. The molecule has 4 rings (SSSR count). The normalized spacial score (nSPS) is 17.8. The molecule has 0 spiro atoms. The number of hydrogen-bond acceptors (Lipinski definition) is 4. The van der Waals surface area contributed by atoms with E-state index in [0.717, 1.165) is 11.1 Å². The quantitative estimate of drug-likeness (QED) is 0.576. The zero-order chi connectivity index (χ0) is 21.0. The van der Waals surface area contributed by atoms with Crippen molar-refractivity contribution in [3.8, 4) is 0 Å². The third-order valence-corrected chi connectivity index (χ3v) is 7.41. The van der Waals surface area contributed by atoms with Gasteiger partial charge in [-0.05, 0) is 29.7 Å². The molecule has 0 saturated carbocycles. The highest BCUT2D eigenvalue weighted by Gasteiger charge is 2.36. The van der Waals surface area contributed by atoms with Gasteiger partial charge in [0.05, 0.1) is 24.3 Å². The highest BCUT2D eigenvalue weighted by atomic mass is 32.2. The van der Waals surface area contributed by atoms with Gasteiger partial charge in [-0.25, -0.2) is 8.42 Å². The van der Waals surface area contributed by atoms with E-state index in [9.17, 15) is 13.2 Å². The van der Waals surface area contributed by atoms with Gasteiger partial charge in [0.25, 0.3) is 0 Å². The molecule has 1 fully saturated rings. The van der Waals surface area contributed by atoms with Crippen LogP contribution in [0.3, 0.4) is 0 Å². The smallest absolute Gasteiger partial charge is 0.224 e. The van der Waals surface area contributed by atoms with Gasteiger partial charge >= 0.3 is 0 Å². The first-order chi connectivity index (χ1) is 14.5. The van der Waals surface area contributed by atoms with E-state index in [1.807, 2.05) is 66.7 Å². The minimum absolute atomic E-state index is 0.0147. The molecule has 0 radical (unpaired) electrons. The maximum atomic E-state index is 13.5. The second kappa shape index (κ2) is 8.88. The van der Waals surface area contributed by atoms with Crippen molar-refractivity contribution in [2.75, 3.05) is 11.5 Å². The third-order valence-electron chi connectivity index (χ3n) is 5.66. The number of benzene rings is 2. The first-order valence-corrected chi connectivity index (χ1v) is 12.0. The maximum Gasteiger partial charge on any atom is 0.224 e. The highest BCUT2D eigenvalue weighted by molar-refractivity contribution is 7.91. The summed E-state index contributed by atoms with van der Waals surface area (Å²) in [6.07, 6.45) is 2.31. The molecule has 30 heavy (non-hydrogen) atoms. The van der Waals surface area contributed by atoms with Gasteiger partial charge in [-0.3, -0.25) is 4.79 Å². The summed E-state index contributed by atoms with van der Waals surface area (Å²) in [5.74, 6) is 0.633. The van der Waals surface area contributed by atoms with E-state index in [2.05, 4.69) is 0 Å².